The van der Waals surface area contributed by atoms with E-state index in [1.807, 2.05) is 0 Å². The molecule has 5 nitrogen and oxygen atoms in total. The average Bonchev–Trinajstić information content (AvgIpc) is 3.22. The summed E-state index contributed by atoms with van der Waals surface area (Å²) in [5.41, 5.74) is 2.53. The summed E-state index contributed by atoms with van der Waals surface area (Å²) in [6, 6.07) is 13.8. The van der Waals surface area contributed by atoms with Crippen LogP contribution in [0.5, 0.6) is 0 Å². The topological polar surface area (TPSA) is 56.4 Å². The standard InChI is InChI=1S/C24H19ClF3N3O2/c25-20-7-5-18(6-8-20)21-14-31-22(33)19(12-16-3-1-4-17(11-16)15-32)13-30(23(31)29-21)10-2-9-24(26,27)28/h1,3-8,11,13-15H,2,9-10,12H2. The van der Waals surface area contributed by atoms with Gasteiger partial charge in [0.2, 0.25) is 5.78 Å². The van der Waals surface area contributed by atoms with Crippen LogP contribution >= 0.6 is 11.6 Å². The summed E-state index contributed by atoms with van der Waals surface area (Å²) in [7, 11) is 0. The summed E-state index contributed by atoms with van der Waals surface area (Å²) in [6.07, 6.45) is -1.28. The van der Waals surface area contributed by atoms with E-state index in [-0.39, 0.29) is 30.7 Å². The van der Waals surface area contributed by atoms with Crippen molar-refractivity contribution in [3.63, 3.8) is 0 Å². The van der Waals surface area contributed by atoms with Crippen molar-refractivity contribution < 1.29 is 18.0 Å². The molecule has 2 aromatic carbocycles. The van der Waals surface area contributed by atoms with Crippen LogP contribution in [0.25, 0.3) is 17.0 Å². The minimum absolute atomic E-state index is 0.0434. The highest BCUT2D eigenvalue weighted by Crippen LogP contribution is 2.24. The maximum Gasteiger partial charge on any atom is 0.389 e. The highest BCUT2D eigenvalue weighted by Gasteiger charge is 2.26. The zero-order valence-corrected chi connectivity index (χ0v) is 18.1. The second-order valence-corrected chi connectivity index (χ2v) is 8.15. The molecule has 2 heterocycles. The molecule has 0 amide bonds. The fourth-order valence-corrected chi connectivity index (χ4v) is 3.80. The first-order valence-electron chi connectivity index (χ1n) is 10.2. The third-order valence-electron chi connectivity index (χ3n) is 5.23. The lowest BCUT2D eigenvalue weighted by molar-refractivity contribution is -0.135. The van der Waals surface area contributed by atoms with Gasteiger partial charge in [0, 0.05) is 53.5 Å². The summed E-state index contributed by atoms with van der Waals surface area (Å²) in [5.74, 6) is 0.262. The second kappa shape index (κ2) is 9.23. The maximum absolute atomic E-state index is 13.2. The number of aryl methyl sites for hydroxylation is 1. The number of halogens is 4. The number of imidazole rings is 1. The summed E-state index contributed by atoms with van der Waals surface area (Å²) >= 11 is 5.95. The fourth-order valence-electron chi connectivity index (χ4n) is 3.67. The summed E-state index contributed by atoms with van der Waals surface area (Å²) in [4.78, 5) is 28.8. The van der Waals surface area contributed by atoms with Crippen LogP contribution in [0, 0.1) is 0 Å². The molecule has 0 aliphatic rings. The zero-order chi connectivity index (χ0) is 23.6. The summed E-state index contributed by atoms with van der Waals surface area (Å²) in [5, 5.41) is 0.550. The molecule has 0 saturated carbocycles. The van der Waals surface area contributed by atoms with Gasteiger partial charge in [-0.3, -0.25) is 14.0 Å². The van der Waals surface area contributed by atoms with Crippen LogP contribution in [0.3, 0.4) is 0 Å². The Kier molecular flexibility index (Phi) is 6.37. The van der Waals surface area contributed by atoms with Crippen LogP contribution in [0.2, 0.25) is 5.02 Å². The van der Waals surface area contributed by atoms with E-state index in [9.17, 15) is 22.8 Å². The molecule has 170 valence electrons. The molecule has 0 aliphatic carbocycles. The van der Waals surface area contributed by atoms with Crippen molar-refractivity contribution in [3.05, 3.63) is 93.0 Å². The van der Waals surface area contributed by atoms with Gasteiger partial charge < -0.3 is 4.57 Å². The molecule has 4 rings (SSSR count). The van der Waals surface area contributed by atoms with E-state index in [2.05, 4.69) is 4.98 Å². The molecule has 4 aromatic rings. The third-order valence-corrected chi connectivity index (χ3v) is 5.48. The van der Waals surface area contributed by atoms with Gasteiger partial charge in [-0.05, 0) is 30.2 Å². The SMILES string of the molecule is O=Cc1cccc(Cc2cn(CCCC(F)(F)F)c3nc(-c4ccc(Cl)cc4)cn3c2=O)c1. The van der Waals surface area contributed by atoms with Gasteiger partial charge in [-0.1, -0.05) is 41.9 Å². The van der Waals surface area contributed by atoms with E-state index in [0.717, 1.165) is 17.4 Å². The molecule has 0 unspecified atom stereocenters. The van der Waals surface area contributed by atoms with Crippen LogP contribution in [0.15, 0.2) is 65.7 Å². The Morgan fingerprint density at radius 2 is 1.82 bits per heavy atom. The number of carbonyl (C=O) groups is 1. The van der Waals surface area contributed by atoms with Crippen LogP contribution < -0.4 is 5.56 Å². The molecule has 2 aromatic heterocycles. The highest BCUT2D eigenvalue weighted by atomic mass is 35.5. The lowest BCUT2D eigenvalue weighted by Gasteiger charge is -2.12. The Bertz CT molecular complexity index is 1360. The number of aldehydes is 1. The molecule has 0 fully saturated rings. The van der Waals surface area contributed by atoms with Crippen LogP contribution in [0.1, 0.15) is 34.3 Å². The molecule has 0 saturated heterocycles. The number of nitrogens with zero attached hydrogens (tertiary/aromatic N) is 3. The lowest BCUT2D eigenvalue weighted by atomic mass is 10.1. The number of hydrogen-bond acceptors (Lipinski definition) is 3. The summed E-state index contributed by atoms with van der Waals surface area (Å²) in [6.45, 7) is 0.0434. The van der Waals surface area contributed by atoms with Crippen LogP contribution in [0.4, 0.5) is 13.2 Å². The van der Waals surface area contributed by atoms with Gasteiger partial charge in [-0.15, -0.1) is 0 Å². The monoisotopic (exact) mass is 473 g/mol. The van der Waals surface area contributed by atoms with Gasteiger partial charge in [-0.2, -0.15) is 13.2 Å². The van der Waals surface area contributed by atoms with Crippen molar-refractivity contribution in [2.75, 3.05) is 0 Å². The van der Waals surface area contributed by atoms with Gasteiger partial charge in [0.25, 0.3) is 5.56 Å². The molecule has 33 heavy (non-hydrogen) atoms. The number of alkyl halides is 3. The van der Waals surface area contributed by atoms with E-state index in [1.165, 1.54) is 4.40 Å². The number of benzene rings is 2. The first-order chi connectivity index (χ1) is 15.7. The van der Waals surface area contributed by atoms with Crippen molar-refractivity contribution >= 4 is 23.7 Å². The molecule has 9 heteroatoms. The maximum atomic E-state index is 13.2. The van der Waals surface area contributed by atoms with Crippen molar-refractivity contribution in [1.82, 2.24) is 14.0 Å². The number of rotatable bonds is 7. The Morgan fingerprint density at radius 3 is 2.52 bits per heavy atom. The minimum Gasteiger partial charge on any atom is -0.318 e. The number of hydrogen-bond donors (Lipinski definition) is 0. The van der Waals surface area contributed by atoms with Crippen molar-refractivity contribution in [3.8, 4) is 11.3 Å². The number of fused-ring (bicyclic) bond motifs is 1. The fraction of sp³-hybridized carbons (Fsp3) is 0.208. The first kappa shape index (κ1) is 22.8. The van der Waals surface area contributed by atoms with Gasteiger partial charge in [0.15, 0.2) is 0 Å². The van der Waals surface area contributed by atoms with E-state index >= 15 is 0 Å². The van der Waals surface area contributed by atoms with Gasteiger partial charge in [-0.25, -0.2) is 4.98 Å². The molecule has 0 bridgehead atoms. The van der Waals surface area contributed by atoms with Crippen molar-refractivity contribution in [2.24, 2.45) is 0 Å². The largest absolute Gasteiger partial charge is 0.389 e. The Hall–Kier alpha value is -3.39. The molecule has 0 N–H and O–H groups in total. The molecule has 0 radical (unpaired) electrons. The van der Waals surface area contributed by atoms with Crippen LogP contribution in [-0.4, -0.2) is 26.4 Å². The predicted molar refractivity (Wildman–Crippen MR) is 120 cm³/mol. The second-order valence-electron chi connectivity index (χ2n) is 7.71. The Balaban J connectivity index is 1.78. The van der Waals surface area contributed by atoms with Gasteiger partial charge in [0.05, 0.1) is 5.69 Å². The predicted octanol–water partition coefficient (Wildman–Crippen LogP) is 5.56. The molecule has 0 spiro atoms. The average molecular weight is 474 g/mol. The molecular weight excluding hydrogens is 455 g/mol. The normalized spacial score (nSPS) is 11.8. The third kappa shape index (κ3) is 5.34. The summed E-state index contributed by atoms with van der Waals surface area (Å²) < 4.78 is 41.1. The number of carbonyl (C=O) groups excluding carboxylic acids is 1. The van der Waals surface area contributed by atoms with Gasteiger partial charge >= 0.3 is 6.18 Å². The van der Waals surface area contributed by atoms with E-state index in [4.69, 9.17) is 11.6 Å². The van der Waals surface area contributed by atoms with Crippen molar-refractivity contribution in [2.45, 2.75) is 32.0 Å². The minimum atomic E-state index is -4.27. The van der Waals surface area contributed by atoms with Crippen LogP contribution in [-0.2, 0) is 13.0 Å². The lowest BCUT2D eigenvalue weighted by Crippen LogP contribution is -2.22. The highest BCUT2D eigenvalue weighted by molar-refractivity contribution is 6.30. The van der Waals surface area contributed by atoms with E-state index in [1.54, 1.807) is 65.5 Å². The van der Waals surface area contributed by atoms with E-state index in [0.29, 0.717) is 21.8 Å². The quantitative estimate of drug-likeness (QED) is 0.330. The first-order valence-corrected chi connectivity index (χ1v) is 10.6. The Morgan fingerprint density at radius 1 is 1.06 bits per heavy atom. The smallest absolute Gasteiger partial charge is 0.318 e. The molecule has 0 aliphatic heterocycles. The number of aromatic nitrogens is 3. The van der Waals surface area contributed by atoms with Crippen molar-refractivity contribution in [1.29, 1.82) is 0 Å². The Labute approximate surface area is 192 Å². The van der Waals surface area contributed by atoms with E-state index < -0.39 is 12.6 Å². The molecule has 0 atom stereocenters. The molecular formula is C24H19ClF3N3O2. The zero-order valence-electron chi connectivity index (χ0n) is 17.3. The van der Waals surface area contributed by atoms with Gasteiger partial charge in [0.1, 0.15) is 6.29 Å².